The van der Waals surface area contributed by atoms with Crippen molar-refractivity contribution in [1.29, 1.82) is 0 Å². The number of benzene rings is 5. The summed E-state index contributed by atoms with van der Waals surface area (Å²) in [5, 5.41) is 6.40. The molecule has 34 heavy (non-hydrogen) atoms. The normalized spacial score (nSPS) is 10.7. The number of hydrogen-bond donors (Lipinski definition) is 0. The van der Waals surface area contributed by atoms with Gasteiger partial charge in [-0.2, -0.15) is 0 Å². The highest BCUT2D eigenvalue weighted by Crippen LogP contribution is 2.35. The minimum Gasteiger partial charge on any atom is -0.0974 e. The van der Waals surface area contributed by atoms with Crippen LogP contribution in [0.5, 0.6) is 0 Å². The third-order valence-electron chi connectivity index (χ3n) is 5.59. The molecule has 2 heteroatoms. The van der Waals surface area contributed by atoms with E-state index in [1.54, 1.807) is 11.8 Å². The summed E-state index contributed by atoms with van der Waals surface area (Å²) in [5.41, 5.74) is 3.70. The van der Waals surface area contributed by atoms with E-state index in [1.165, 1.54) is 37.5 Å². The van der Waals surface area contributed by atoms with Gasteiger partial charge >= 0.3 is 0 Å². The molecule has 0 aromatic heterocycles. The van der Waals surface area contributed by atoms with Gasteiger partial charge in [-0.25, -0.2) is 0 Å². The van der Waals surface area contributed by atoms with Gasteiger partial charge < -0.3 is 0 Å². The van der Waals surface area contributed by atoms with Crippen molar-refractivity contribution in [2.24, 2.45) is 0 Å². The van der Waals surface area contributed by atoms with Crippen molar-refractivity contribution < 1.29 is 0 Å². The first kappa shape index (κ1) is 22.4. The molecule has 0 unspecified atom stereocenters. The van der Waals surface area contributed by atoms with Crippen LogP contribution in [-0.4, -0.2) is 0 Å². The molecule has 0 aliphatic heterocycles. The second-order valence-electron chi connectivity index (χ2n) is 7.89. The minimum atomic E-state index is -0.610. The van der Waals surface area contributed by atoms with E-state index in [2.05, 4.69) is 151 Å². The van der Waals surface area contributed by atoms with Crippen LogP contribution < -0.4 is 15.9 Å². The summed E-state index contributed by atoms with van der Waals surface area (Å²) in [5.74, 6) is 0. The molecule has 0 N–H and O–H groups in total. The van der Waals surface area contributed by atoms with Crippen molar-refractivity contribution in [3.63, 3.8) is 0 Å². The first-order chi connectivity index (χ1) is 16.9. The first-order valence-electron chi connectivity index (χ1n) is 11.4. The van der Waals surface area contributed by atoms with E-state index in [-0.39, 0.29) is 0 Å². The molecule has 0 atom stereocenters. The Morgan fingerprint density at radius 1 is 0.471 bits per heavy atom. The maximum Gasteiger partial charge on any atom is 0.0123 e. The Morgan fingerprint density at radius 2 is 0.912 bits per heavy atom. The lowest BCUT2D eigenvalue weighted by atomic mass is 10.00. The van der Waals surface area contributed by atoms with Crippen molar-refractivity contribution in [3.05, 3.63) is 162 Å². The Balaban J connectivity index is 1.51. The fraction of sp³-hybridized carbons (Fsp3) is 0. The molecule has 0 saturated carbocycles. The monoisotopic (exact) mass is 472 g/mol. The molecule has 0 radical (unpaired) electrons. The lowest BCUT2D eigenvalue weighted by molar-refractivity contribution is 1.50. The number of hydrogen-bond acceptors (Lipinski definition) is 1. The molecular formula is C32H25PS. The predicted octanol–water partition coefficient (Wildman–Crippen LogP) is 7.63. The molecule has 0 aliphatic rings. The van der Waals surface area contributed by atoms with E-state index in [0.717, 1.165) is 0 Å². The second-order valence-corrected chi connectivity index (χ2v) is 11.0. The second kappa shape index (κ2) is 11.2. The molecule has 0 amide bonds. The van der Waals surface area contributed by atoms with Crippen LogP contribution in [0.4, 0.5) is 0 Å². The van der Waals surface area contributed by atoms with E-state index in [1.807, 2.05) is 0 Å². The summed E-state index contributed by atoms with van der Waals surface area (Å²) in [4.78, 5) is 1.25. The van der Waals surface area contributed by atoms with Gasteiger partial charge in [-0.05, 0) is 58.1 Å². The summed E-state index contributed by atoms with van der Waals surface area (Å²) in [6, 6.07) is 52.0. The highest BCUT2D eigenvalue weighted by atomic mass is 32.2. The van der Waals surface area contributed by atoms with Crippen LogP contribution in [0.2, 0.25) is 0 Å². The molecule has 164 valence electrons. The fourth-order valence-electron chi connectivity index (χ4n) is 3.96. The quantitative estimate of drug-likeness (QED) is 0.173. The summed E-state index contributed by atoms with van der Waals surface area (Å²) in [6.45, 7) is 0. The molecular weight excluding hydrogens is 447 g/mol. The SMILES string of the molecule is C(Sc1cccc(P(c2ccccc2)c2ccccc2)c1)=C(c1ccccc1)c1ccccc1. The smallest absolute Gasteiger partial charge is 0.0123 e. The Bertz CT molecular complexity index is 1270. The van der Waals surface area contributed by atoms with Gasteiger partial charge in [0.2, 0.25) is 0 Å². The van der Waals surface area contributed by atoms with Gasteiger partial charge in [-0.3, -0.25) is 0 Å². The van der Waals surface area contributed by atoms with Gasteiger partial charge in [-0.1, -0.05) is 145 Å². The standard InChI is InChI=1S/C32H25PS/c1-5-14-26(15-6-1)32(27-16-7-2-8-17-27)25-34-31-23-13-22-30(24-31)33(28-18-9-3-10-19-28)29-20-11-4-12-21-29/h1-25H. The van der Waals surface area contributed by atoms with Crippen LogP contribution in [0, 0.1) is 0 Å². The van der Waals surface area contributed by atoms with Gasteiger partial charge in [0.05, 0.1) is 0 Å². The molecule has 0 saturated heterocycles. The molecule has 0 heterocycles. The first-order valence-corrected chi connectivity index (χ1v) is 13.6. The summed E-state index contributed by atoms with van der Waals surface area (Å²) < 4.78 is 0. The van der Waals surface area contributed by atoms with Crippen molar-refractivity contribution >= 4 is 41.2 Å². The van der Waals surface area contributed by atoms with Crippen LogP contribution in [-0.2, 0) is 0 Å². The maximum absolute atomic E-state index is 2.36. The lowest BCUT2D eigenvalue weighted by Crippen LogP contribution is -2.20. The maximum atomic E-state index is 2.36. The Kier molecular flexibility index (Phi) is 7.36. The third-order valence-corrected chi connectivity index (χ3v) is 8.89. The van der Waals surface area contributed by atoms with Gasteiger partial charge in [0.25, 0.3) is 0 Å². The zero-order valence-electron chi connectivity index (χ0n) is 18.8. The number of thioether (sulfide) groups is 1. The van der Waals surface area contributed by atoms with Gasteiger partial charge in [-0.15, -0.1) is 0 Å². The zero-order chi connectivity index (χ0) is 23.0. The van der Waals surface area contributed by atoms with Gasteiger partial charge in [0, 0.05) is 4.90 Å². The Morgan fingerprint density at radius 3 is 1.41 bits per heavy atom. The van der Waals surface area contributed by atoms with Crippen LogP contribution in [0.3, 0.4) is 0 Å². The van der Waals surface area contributed by atoms with E-state index in [4.69, 9.17) is 0 Å². The Hall–Kier alpha value is -3.38. The van der Waals surface area contributed by atoms with E-state index >= 15 is 0 Å². The van der Waals surface area contributed by atoms with Crippen LogP contribution in [0.25, 0.3) is 5.57 Å². The molecule has 0 aliphatic carbocycles. The van der Waals surface area contributed by atoms with Crippen molar-refractivity contribution in [1.82, 2.24) is 0 Å². The van der Waals surface area contributed by atoms with Crippen LogP contribution in [0.15, 0.2) is 156 Å². The Labute approximate surface area is 207 Å². The van der Waals surface area contributed by atoms with E-state index in [9.17, 15) is 0 Å². The largest absolute Gasteiger partial charge is 0.0974 e. The lowest BCUT2D eigenvalue weighted by Gasteiger charge is -2.19. The van der Waals surface area contributed by atoms with Gasteiger partial charge in [0.1, 0.15) is 0 Å². The van der Waals surface area contributed by atoms with Crippen molar-refractivity contribution in [2.75, 3.05) is 0 Å². The third kappa shape index (κ3) is 5.39. The van der Waals surface area contributed by atoms with E-state index < -0.39 is 7.92 Å². The summed E-state index contributed by atoms with van der Waals surface area (Å²) in [7, 11) is -0.610. The molecule has 0 fully saturated rings. The topological polar surface area (TPSA) is 0 Å². The van der Waals surface area contributed by atoms with Crippen LogP contribution >= 0.6 is 19.7 Å². The molecule has 0 nitrogen and oxygen atoms in total. The van der Waals surface area contributed by atoms with Crippen molar-refractivity contribution in [2.45, 2.75) is 4.90 Å². The van der Waals surface area contributed by atoms with E-state index in [0.29, 0.717) is 0 Å². The fourth-order valence-corrected chi connectivity index (χ4v) is 7.27. The van der Waals surface area contributed by atoms with Gasteiger partial charge in [0.15, 0.2) is 0 Å². The predicted molar refractivity (Wildman–Crippen MR) is 151 cm³/mol. The molecule has 5 rings (SSSR count). The minimum absolute atomic E-state index is 0.610. The highest BCUT2D eigenvalue weighted by Gasteiger charge is 2.16. The van der Waals surface area contributed by atoms with Crippen LogP contribution in [0.1, 0.15) is 11.1 Å². The molecule has 0 spiro atoms. The zero-order valence-corrected chi connectivity index (χ0v) is 20.5. The summed E-state index contributed by atoms with van der Waals surface area (Å²) in [6.07, 6.45) is 0. The highest BCUT2D eigenvalue weighted by molar-refractivity contribution is 8.02. The van der Waals surface area contributed by atoms with Crippen molar-refractivity contribution in [3.8, 4) is 0 Å². The molecule has 5 aromatic rings. The summed E-state index contributed by atoms with van der Waals surface area (Å²) >= 11 is 1.79. The average Bonchev–Trinajstić information content (AvgIpc) is 2.92. The number of rotatable bonds is 7. The molecule has 5 aromatic carbocycles. The molecule has 0 bridgehead atoms. The average molecular weight is 473 g/mol.